The van der Waals surface area contributed by atoms with Crippen LogP contribution in [0.3, 0.4) is 0 Å². The zero-order valence-corrected chi connectivity index (χ0v) is 14.1. The fraction of sp³-hybridized carbons (Fsp3) is 0.105. The molecule has 0 aliphatic heterocycles. The first kappa shape index (κ1) is 16.8. The molecule has 8 heteroatoms. The molecular formula is C19H12F3N5. The maximum Gasteiger partial charge on any atom is 0.434 e. The normalized spacial score (nSPS) is 11.4. The number of hydrogen-bond acceptors (Lipinski definition) is 3. The van der Waals surface area contributed by atoms with E-state index in [0.717, 1.165) is 22.0 Å². The van der Waals surface area contributed by atoms with Crippen LogP contribution in [0, 0.1) is 11.8 Å². The van der Waals surface area contributed by atoms with Crippen LogP contribution in [0.25, 0.3) is 16.9 Å². The fourth-order valence-corrected chi connectivity index (χ4v) is 2.54. The summed E-state index contributed by atoms with van der Waals surface area (Å²) in [6.07, 6.45) is -1.81. The van der Waals surface area contributed by atoms with Gasteiger partial charge >= 0.3 is 6.18 Å². The third kappa shape index (κ3) is 3.40. The predicted octanol–water partition coefficient (Wildman–Crippen LogP) is 3.55. The number of imidazole rings is 2. The monoisotopic (exact) mass is 367 g/mol. The van der Waals surface area contributed by atoms with Crippen molar-refractivity contribution in [2.24, 2.45) is 7.05 Å². The van der Waals surface area contributed by atoms with Crippen LogP contribution in [0.1, 0.15) is 17.2 Å². The summed E-state index contributed by atoms with van der Waals surface area (Å²) in [5.41, 5.74) is 1.19. The predicted molar refractivity (Wildman–Crippen MR) is 92.6 cm³/mol. The Kier molecular flexibility index (Phi) is 3.92. The molecule has 0 spiro atoms. The molecule has 4 rings (SSSR count). The van der Waals surface area contributed by atoms with Gasteiger partial charge in [0.1, 0.15) is 5.69 Å². The van der Waals surface area contributed by atoms with Crippen LogP contribution in [-0.4, -0.2) is 24.1 Å². The number of halogens is 3. The zero-order valence-electron chi connectivity index (χ0n) is 14.1. The van der Waals surface area contributed by atoms with E-state index >= 15 is 0 Å². The molecule has 5 nitrogen and oxygen atoms in total. The molecule has 0 amide bonds. The molecule has 3 aromatic heterocycles. The average molecular weight is 367 g/mol. The number of rotatable bonds is 1. The average Bonchev–Trinajstić information content (AvgIpc) is 3.23. The number of hydrogen-bond donors (Lipinski definition) is 0. The molecule has 134 valence electrons. The van der Waals surface area contributed by atoms with Gasteiger partial charge in [0.2, 0.25) is 0 Å². The molecule has 0 fully saturated rings. The summed E-state index contributed by atoms with van der Waals surface area (Å²) in [6, 6.07) is 12.6. The maximum absolute atomic E-state index is 12.7. The van der Waals surface area contributed by atoms with Gasteiger partial charge in [-0.05, 0) is 24.0 Å². The third-order valence-corrected chi connectivity index (χ3v) is 3.86. The van der Waals surface area contributed by atoms with Crippen LogP contribution in [0.4, 0.5) is 13.2 Å². The van der Waals surface area contributed by atoms with E-state index < -0.39 is 11.9 Å². The molecule has 4 aromatic rings. The quantitative estimate of drug-likeness (QED) is 0.484. The van der Waals surface area contributed by atoms with Gasteiger partial charge in [-0.1, -0.05) is 30.3 Å². The highest BCUT2D eigenvalue weighted by molar-refractivity contribution is 5.59. The Morgan fingerprint density at radius 2 is 1.70 bits per heavy atom. The van der Waals surface area contributed by atoms with Gasteiger partial charge in [-0.25, -0.2) is 14.5 Å². The van der Waals surface area contributed by atoms with Crippen LogP contribution in [-0.2, 0) is 13.2 Å². The fourth-order valence-electron chi connectivity index (χ4n) is 2.54. The minimum atomic E-state index is -4.51. The van der Waals surface area contributed by atoms with Gasteiger partial charge < -0.3 is 4.57 Å². The summed E-state index contributed by atoms with van der Waals surface area (Å²) < 4.78 is 41.1. The topological polar surface area (TPSA) is 48.0 Å². The van der Waals surface area contributed by atoms with Gasteiger partial charge in [-0.15, -0.1) is 0 Å². The smallest absolute Gasteiger partial charge is 0.327 e. The van der Waals surface area contributed by atoms with Crippen molar-refractivity contribution in [2.45, 2.75) is 6.18 Å². The number of fused-ring (bicyclic) bond motifs is 1. The molecule has 3 heterocycles. The molecule has 1 aromatic carbocycles. The van der Waals surface area contributed by atoms with Gasteiger partial charge in [0.05, 0.1) is 11.9 Å². The van der Waals surface area contributed by atoms with Gasteiger partial charge in [0, 0.05) is 18.8 Å². The van der Waals surface area contributed by atoms with Crippen molar-refractivity contribution in [2.75, 3.05) is 0 Å². The Morgan fingerprint density at radius 1 is 0.926 bits per heavy atom. The van der Waals surface area contributed by atoms with Crippen molar-refractivity contribution in [1.29, 1.82) is 0 Å². The van der Waals surface area contributed by atoms with E-state index in [1.165, 1.54) is 12.1 Å². The minimum absolute atomic E-state index is 0.108. The highest BCUT2D eigenvalue weighted by Crippen LogP contribution is 2.28. The Hall–Kier alpha value is -3.60. The number of aromatic nitrogens is 5. The molecule has 27 heavy (non-hydrogen) atoms. The van der Waals surface area contributed by atoms with Crippen molar-refractivity contribution in [1.82, 2.24) is 24.1 Å². The first-order valence-electron chi connectivity index (χ1n) is 7.94. The summed E-state index contributed by atoms with van der Waals surface area (Å²) in [7, 11) is 1.82. The molecule has 0 radical (unpaired) electrons. The Bertz CT molecular complexity index is 1180. The summed E-state index contributed by atoms with van der Waals surface area (Å²) in [5, 5.41) is 4.06. The molecule has 0 unspecified atom stereocenters. The molecular weight excluding hydrogens is 355 g/mol. The summed E-state index contributed by atoms with van der Waals surface area (Å²) in [6.45, 7) is 0. The Labute approximate surface area is 152 Å². The standard InChI is InChI=1S/C19H12F3N5/c1-26-11-15(13-5-3-2-4-6-13)23-17(26)9-7-14-8-10-18-24-16(19(20,21)22)12-27(18)25-14/h2-6,8,10-12H,1H3. The minimum Gasteiger partial charge on any atom is -0.327 e. The van der Waals surface area contributed by atoms with E-state index in [2.05, 4.69) is 26.9 Å². The van der Waals surface area contributed by atoms with Crippen molar-refractivity contribution >= 4 is 5.65 Å². The van der Waals surface area contributed by atoms with Crippen molar-refractivity contribution < 1.29 is 13.2 Å². The first-order chi connectivity index (χ1) is 12.9. The van der Waals surface area contributed by atoms with E-state index in [9.17, 15) is 13.2 Å². The summed E-state index contributed by atoms with van der Waals surface area (Å²) in [5.74, 6) is 6.26. The second kappa shape index (κ2) is 6.29. The van der Waals surface area contributed by atoms with Gasteiger partial charge in [-0.3, -0.25) is 0 Å². The van der Waals surface area contributed by atoms with E-state index in [-0.39, 0.29) is 5.65 Å². The van der Waals surface area contributed by atoms with Crippen LogP contribution < -0.4 is 0 Å². The first-order valence-corrected chi connectivity index (χ1v) is 7.94. The summed E-state index contributed by atoms with van der Waals surface area (Å²) in [4.78, 5) is 7.99. The molecule has 0 aliphatic carbocycles. The zero-order chi connectivity index (χ0) is 19.0. The van der Waals surface area contributed by atoms with E-state index in [0.29, 0.717) is 11.5 Å². The lowest BCUT2D eigenvalue weighted by Gasteiger charge is -1.98. The van der Waals surface area contributed by atoms with Gasteiger partial charge in [-0.2, -0.15) is 18.3 Å². The molecule has 0 bridgehead atoms. The molecule has 0 saturated heterocycles. The van der Waals surface area contributed by atoms with Crippen molar-refractivity contribution in [3.8, 4) is 23.1 Å². The Balaban J connectivity index is 1.66. The molecule has 0 N–H and O–H groups in total. The third-order valence-electron chi connectivity index (χ3n) is 3.86. The number of alkyl halides is 3. The lowest BCUT2D eigenvalue weighted by molar-refractivity contribution is -0.140. The second-order valence-corrected chi connectivity index (χ2v) is 5.82. The molecule has 0 saturated carbocycles. The number of aryl methyl sites for hydroxylation is 1. The van der Waals surface area contributed by atoms with E-state index in [1.807, 2.05) is 43.6 Å². The largest absolute Gasteiger partial charge is 0.434 e. The van der Waals surface area contributed by atoms with E-state index in [4.69, 9.17) is 0 Å². The van der Waals surface area contributed by atoms with Crippen LogP contribution in [0.2, 0.25) is 0 Å². The molecule has 0 atom stereocenters. The Morgan fingerprint density at radius 3 is 2.44 bits per heavy atom. The van der Waals surface area contributed by atoms with Gasteiger partial charge in [0.25, 0.3) is 0 Å². The second-order valence-electron chi connectivity index (χ2n) is 5.82. The van der Waals surface area contributed by atoms with Crippen LogP contribution in [0.5, 0.6) is 0 Å². The van der Waals surface area contributed by atoms with Crippen LogP contribution in [0.15, 0.2) is 54.9 Å². The van der Waals surface area contributed by atoms with Gasteiger partial charge in [0.15, 0.2) is 17.2 Å². The number of benzene rings is 1. The lowest BCUT2D eigenvalue weighted by atomic mass is 10.2. The SMILES string of the molecule is Cn1cc(-c2ccccc2)nc1C#Cc1ccc2nc(C(F)(F)F)cn2n1. The van der Waals surface area contributed by atoms with Crippen LogP contribution >= 0.6 is 0 Å². The van der Waals surface area contributed by atoms with Crippen molar-refractivity contribution in [3.05, 3.63) is 72.1 Å². The van der Waals surface area contributed by atoms with Crippen molar-refractivity contribution in [3.63, 3.8) is 0 Å². The highest BCUT2D eigenvalue weighted by Gasteiger charge is 2.34. The van der Waals surface area contributed by atoms with E-state index in [1.54, 1.807) is 4.57 Å². The lowest BCUT2D eigenvalue weighted by Crippen LogP contribution is -2.04. The molecule has 0 aliphatic rings. The highest BCUT2D eigenvalue weighted by atomic mass is 19.4. The summed E-state index contributed by atoms with van der Waals surface area (Å²) >= 11 is 0. The number of nitrogens with zero attached hydrogens (tertiary/aromatic N) is 5. The maximum atomic E-state index is 12.7.